The number of ether oxygens (including phenoxy) is 1. The van der Waals surface area contributed by atoms with Gasteiger partial charge in [-0.3, -0.25) is 14.9 Å². The molecule has 1 N–H and O–H groups in total. The van der Waals surface area contributed by atoms with Gasteiger partial charge in [-0.15, -0.1) is 0 Å². The second-order valence-electron chi connectivity index (χ2n) is 6.28. The lowest BCUT2D eigenvalue weighted by Crippen LogP contribution is -2.32. The fourth-order valence-corrected chi connectivity index (χ4v) is 2.73. The van der Waals surface area contributed by atoms with Crippen molar-refractivity contribution in [3.05, 3.63) is 16.2 Å². The van der Waals surface area contributed by atoms with Crippen molar-refractivity contribution in [1.82, 2.24) is 9.88 Å². The van der Waals surface area contributed by atoms with Gasteiger partial charge in [0.2, 0.25) is 17.6 Å². The molecule has 2 heterocycles. The topological polar surface area (TPSA) is 101 Å². The van der Waals surface area contributed by atoms with Crippen LogP contribution < -0.4 is 15.0 Å². The van der Waals surface area contributed by atoms with E-state index in [2.05, 4.69) is 15.0 Å². The van der Waals surface area contributed by atoms with E-state index in [1.807, 2.05) is 19.0 Å². The number of nitrogens with one attached hydrogen (secondary N) is 1. The van der Waals surface area contributed by atoms with Crippen molar-refractivity contribution in [2.75, 3.05) is 37.4 Å². The molecule has 1 fully saturated rings. The molecule has 2 rings (SSSR count). The number of alkyl halides is 3. The van der Waals surface area contributed by atoms with Crippen LogP contribution in [0.2, 0.25) is 0 Å². The maximum Gasteiger partial charge on any atom is 0.313 e. The van der Waals surface area contributed by atoms with Crippen molar-refractivity contribution < 1.29 is 27.6 Å². The molecule has 0 aromatic carbocycles. The molecule has 9 nitrogen and oxygen atoms in total. The smallest absolute Gasteiger partial charge is 0.313 e. The first-order valence-corrected chi connectivity index (χ1v) is 8.07. The minimum atomic E-state index is -3.44. The summed E-state index contributed by atoms with van der Waals surface area (Å²) in [5, 5.41) is 13.6. The molecule has 0 radical (unpaired) electrons. The summed E-state index contributed by atoms with van der Waals surface area (Å²) in [6.07, 6.45) is -5.73. The van der Waals surface area contributed by atoms with Crippen molar-refractivity contribution in [2.24, 2.45) is 0 Å². The Hall–Kier alpha value is -2.63. The van der Waals surface area contributed by atoms with E-state index in [1.165, 1.54) is 0 Å². The third-order valence-electron chi connectivity index (χ3n) is 4.07. The Morgan fingerprint density at radius 1 is 1.48 bits per heavy atom. The fourth-order valence-electron chi connectivity index (χ4n) is 2.73. The van der Waals surface area contributed by atoms with Crippen LogP contribution in [0.1, 0.15) is 13.3 Å². The lowest BCUT2D eigenvalue weighted by Gasteiger charge is -2.22. The largest absolute Gasteiger partial charge is 0.435 e. The van der Waals surface area contributed by atoms with Gasteiger partial charge in [-0.25, -0.2) is 8.78 Å². The second-order valence-corrected chi connectivity index (χ2v) is 6.28. The number of carbonyl (C=O) groups is 1. The summed E-state index contributed by atoms with van der Waals surface area (Å²) in [5.41, 5.74) is -0.803. The predicted molar refractivity (Wildman–Crippen MR) is 91.0 cm³/mol. The number of amides is 1. The number of hydrogen-bond donors (Lipinski definition) is 1. The van der Waals surface area contributed by atoms with E-state index in [-0.39, 0.29) is 17.5 Å². The van der Waals surface area contributed by atoms with Gasteiger partial charge in [0.25, 0.3) is 6.36 Å². The normalized spacial score (nSPS) is 18.1. The van der Waals surface area contributed by atoms with Crippen molar-refractivity contribution in [3.8, 4) is 5.88 Å². The van der Waals surface area contributed by atoms with Gasteiger partial charge in [0.1, 0.15) is 5.69 Å². The average Bonchev–Trinajstić information content (AvgIpc) is 3.05. The van der Waals surface area contributed by atoms with Crippen molar-refractivity contribution in [3.63, 3.8) is 0 Å². The van der Waals surface area contributed by atoms with E-state index in [1.54, 1.807) is 4.90 Å². The number of nitrogens with zero attached hydrogens (tertiary/aromatic N) is 4. The molecule has 1 saturated heterocycles. The molecule has 1 aromatic rings. The zero-order valence-electron chi connectivity index (χ0n) is 15.0. The molecule has 1 aliphatic rings. The zero-order chi connectivity index (χ0) is 20.3. The molecule has 1 aromatic heterocycles. The highest BCUT2D eigenvalue weighted by Gasteiger charge is 2.33. The van der Waals surface area contributed by atoms with E-state index in [0.29, 0.717) is 19.5 Å². The van der Waals surface area contributed by atoms with Gasteiger partial charge in [0, 0.05) is 32.1 Å². The Morgan fingerprint density at radius 3 is 2.63 bits per heavy atom. The van der Waals surface area contributed by atoms with Crippen LogP contribution in [-0.2, 0) is 4.79 Å². The number of pyridine rings is 1. The number of nitro groups is 1. The van der Waals surface area contributed by atoms with Crippen LogP contribution in [-0.4, -0.2) is 66.7 Å². The maximum atomic E-state index is 13.4. The summed E-state index contributed by atoms with van der Waals surface area (Å²) in [6, 6.07) is 1.04. The van der Waals surface area contributed by atoms with E-state index in [0.717, 1.165) is 13.0 Å². The lowest BCUT2D eigenvalue weighted by molar-refractivity contribution is -0.384. The Labute approximate surface area is 153 Å². The number of anilines is 2. The predicted octanol–water partition coefficient (Wildman–Crippen LogP) is 2.03. The molecule has 2 unspecified atom stereocenters. The SMILES string of the molecule is CC(=O)Nc1cc([N+](=O)[O-])c(N2CCC(N(C)C)C2)nc1OC(F)C(F)F. The van der Waals surface area contributed by atoms with Crippen molar-refractivity contribution in [2.45, 2.75) is 32.2 Å². The van der Waals surface area contributed by atoms with Crippen LogP contribution in [0.4, 0.5) is 30.4 Å². The van der Waals surface area contributed by atoms with Crippen LogP contribution in [0.25, 0.3) is 0 Å². The standard InChI is InChI=1S/C15H20F3N5O4/c1-8(24)19-10-6-11(23(25)26)14(20-15(10)27-13(18)12(16)17)22-5-4-9(7-22)21(2)3/h6,9,12-13H,4-5,7H2,1-3H3,(H,19,24). The lowest BCUT2D eigenvalue weighted by atomic mass is 10.2. The van der Waals surface area contributed by atoms with Crippen molar-refractivity contribution >= 4 is 23.1 Å². The molecule has 1 aliphatic heterocycles. The van der Waals surface area contributed by atoms with Gasteiger partial charge in [-0.1, -0.05) is 0 Å². The summed E-state index contributed by atoms with van der Waals surface area (Å²) < 4.78 is 42.9. The molecule has 150 valence electrons. The number of rotatable bonds is 7. The van der Waals surface area contributed by atoms with E-state index < -0.39 is 35.2 Å². The first kappa shape index (κ1) is 20.7. The molecule has 1 amide bonds. The van der Waals surface area contributed by atoms with E-state index in [4.69, 9.17) is 0 Å². The maximum absolute atomic E-state index is 13.4. The highest BCUT2D eigenvalue weighted by Crippen LogP contribution is 2.37. The highest BCUT2D eigenvalue weighted by molar-refractivity contribution is 5.91. The molecule has 2 atom stereocenters. The second kappa shape index (κ2) is 8.37. The van der Waals surface area contributed by atoms with Gasteiger partial charge >= 0.3 is 12.1 Å². The van der Waals surface area contributed by atoms with Gasteiger partial charge < -0.3 is 19.9 Å². The number of likely N-dealkylation sites (N-methyl/N-ethyl adjacent to an activating group) is 1. The van der Waals surface area contributed by atoms with Gasteiger partial charge in [-0.2, -0.15) is 9.37 Å². The van der Waals surface area contributed by atoms with Gasteiger partial charge in [0.15, 0.2) is 0 Å². The van der Waals surface area contributed by atoms with Crippen LogP contribution in [0.15, 0.2) is 6.07 Å². The Balaban J connectivity index is 2.47. The Bertz CT molecular complexity index is 719. The molecule has 27 heavy (non-hydrogen) atoms. The molecule has 0 spiro atoms. The summed E-state index contributed by atoms with van der Waals surface area (Å²) >= 11 is 0. The summed E-state index contributed by atoms with van der Waals surface area (Å²) in [6.45, 7) is 1.95. The average molecular weight is 391 g/mol. The quantitative estimate of drug-likeness (QED) is 0.561. The fraction of sp³-hybridized carbons (Fsp3) is 0.600. The molecule has 12 heteroatoms. The van der Waals surface area contributed by atoms with Gasteiger partial charge in [0.05, 0.1) is 4.92 Å². The number of carbonyl (C=O) groups excluding carboxylic acids is 1. The third-order valence-corrected chi connectivity index (χ3v) is 4.07. The monoisotopic (exact) mass is 391 g/mol. The zero-order valence-corrected chi connectivity index (χ0v) is 15.0. The summed E-state index contributed by atoms with van der Waals surface area (Å²) in [5.74, 6) is -1.42. The van der Waals surface area contributed by atoms with Crippen molar-refractivity contribution in [1.29, 1.82) is 0 Å². The summed E-state index contributed by atoms with van der Waals surface area (Å²) in [7, 11) is 3.72. The molecular formula is C15H20F3N5O4. The van der Waals surface area contributed by atoms with Crippen LogP contribution in [0.3, 0.4) is 0 Å². The Kier molecular flexibility index (Phi) is 6.41. The van der Waals surface area contributed by atoms with E-state index in [9.17, 15) is 28.1 Å². The number of halogens is 3. The third kappa shape index (κ3) is 4.96. The minimum Gasteiger partial charge on any atom is -0.435 e. The van der Waals surface area contributed by atoms with Crippen LogP contribution in [0, 0.1) is 10.1 Å². The van der Waals surface area contributed by atoms with Gasteiger partial charge in [-0.05, 0) is 20.5 Å². The number of hydrogen-bond acceptors (Lipinski definition) is 7. The minimum absolute atomic E-state index is 0.112. The first-order chi connectivity index (χ1) is 12.6. The van der Waals surface area contributed by atoms with Crippen LogP contribution >= 0.6 is 0 Å². The molecule has 0 saturated carbocycles. The first-order valence-electron chi connectivity index (χ1n) is 8.07. The van der Waals surface area contributed by atoms with E-state index >= 15 is 0 Å². The molecule has 0 aliphatic carbocycles. The molecule has 0 bridgehead atoms. The number of aromatic nitrogens is 1. The van der Waals surface area contributed by atoms with Crippen LogP contribution in [0.5, 0.6) is 5.88 Å². The highest BCUT2D eigenvalue weighted by atomic mass is 19.3. The molecular weight excluding hydrogens is 371 g/mol. The summed E-state index contributed by atoms with van der Waals surface area (Å²) in [4.78, 5) is 29.5. The Morgan fingerprint density at radius 2 is 2.15 bits per heavy atom.